The van der Waals surface area contributed by atoms with E-state index in [1.54, 1.807) is 18.2 Å². The molecule has 0 atom stereocenters. The lowest BCUT2D eigenvalue weighted by Gasteiger charge is -2.35. The molecule has 1 aliphatic rings. The van der Waals surface area contributed by atoms with Gasteiger partial charge in [-0.3, -0.25) is 10.1 Å². The highest BCUT2D eigenvalue weighted by atomic mass is 32.2. The number of hydrogen-bond donors (Lipinski definition) is 0. The van der Waals surface area contributed by atoms with Gasteiger partial charge in [0, 0.05) is 32.2 Å². The average molecular weight is 313 g/mol. The van der Waals surface area contributed by atoms with Crippen molar-refractivity contribution in [1.29, 1.82) is 0 Å². The van der Waals surface area contributed by atoms with Crippen molar-refractivity contribution in [1.82, 2.24) is 4.31 Å². The third-order valence-corrected chi connectivity index (χ3v) is 5.59. The minimum atomic E-state index is -3.19. The van der Waals surface area contributed by atoms with Gasteiger partial charge in [-0.2, -0.15) is 4.31 Å². The fraction of sp³-hybridized carbons (Fsp3) is 0.538. The molecule has 1 aromatic carbocycles. The molecule has 0 unspecified atom stereocenters. The van der Waals surface area contributed by atoms with Crippen LogP contribution in [0.25, 0.3) is 0 Å². The van der Waals surface area contributed by atoms with Crippen molar-refractivity contribution >= 4 is 21.4 Å². The molecule has 1 saturated heterocycles. The molecule has 0 bridgehead atoms. The summed E-state index contributed by atoms with van der Waals surface area (Å²) in [6.07, 6.45) is 0.590. The Bertz CT molecular complexity index is 610. The summed E-state index contributed by atoms with van der Waals surface area (Å²) in [4.78, 5) is 12.5. The van der Waals surface area contributed by atoms with E-state index in [2.05, 4.69) is 0 Å². The summed E-state index contributed by atoms with van der Waals surface area (Å²) in [7, 11) is -3.19. The summed E-state index contributed by atoms with van der Waals surface area (Å²) >= 11 is 0. The van der Waals surface area contributed by atoms with E-state index in [4.69, 9.17) is 0 Å². The molecule has 0 amide bonds. The third-order valence-electron chi connectivity index (χ3n) is 3.51. The van der Waals surface area contributed by atoms with Gasteiger partial charge in [0.2, 0.25) is 10.0 Å². The molecular weight excluding hydrogens is 294 g/mol. The number of hydrogen-bond acceptors (Lipinski definition) is 5. The highest BCUT2D eigenvalue weighted by Gasteiger charge is 2.28. The minimum Gasteiger partial charge on any atom is -0.363 e. The number of nitrogens with zero attached hydrogens (tertiary/aromatic N) is 3. The zero-order valence-electron chi connectivity index (χ0n) is 11.9. The van der Waals surface area contributed by atoms with E-state index in [1.807, 2.05) is 11.8 Å². The lowest BCUT2D eigenvalue weighted by atomic mass is 10.2. The number of nitro groups is 1. The van der Waals surface area contributed by atoms with E-state index < -0.39 is 14.9 Å². The molecule has 0 spiro atoms. The van der Waals surface area contributed by atoms with Crippen LogP contribution in [0, 0.1) is 10.1 Å². The fourth-order valence-corrected chi connectivity index (χ4v) is 3.97. The number of para-hydroxylation sites is 2. The molecule has 1 fully saturated rings. The first-order valence-corrected chi connectivity index (χ1v) is 8.53. The normalized spacial score (nSPS) is 16.9. The van der Waals surface area contributed by atoms with Crippen LogP contribution >= 0.6 is 0 Å². The second-order valence-corrected chi connectivity index (χ2v) is 7.04. The molecule has 7 nitrogen and oxygen atoms in total. The van der Waals surface area contributed by atoms with Crippen LogP contribution in [0.3, 0.4) is 0 Å². The maximum Gasteiger partial charge on any atom is 0.292 e. The van der Waals surface area contributed by atoms with Crippen molar-refractivity contribution in [3.8, 4) is 0 Å². The van der Waals surface area contributed by atoms with Crippen LogP contribution in [-0.4, -0.2) is 49.6 Å². The quantitative estimate of drug-likeness (QED) is 0.607. The first-order chi connectivity index (χ1) is 9.95. The van der Waals surface area contributed by atoms with Gasteiger partial charge in [-0.25, -0.2) is 8.42 Å². The summed E-state index contributed by atoms with van der Waals surface area (Å²) in [6.45, 7) is 3.51. The van der Waals surface area contributed by atoms with Crippen LogP contribution in [0.2, 0.25) is 0 Å². The highest BCUT2D eigenvalue weighted by Crippen LogP contribution is 2.28. The number of benzene rings is 1. The predicted molar refractivity (Wildman–Crippen MR) is 81.0 cm³/mol. The van der Waals surface area contributed by atoms with Crippen molar-refractivity contribution in [2.75, 3.05) is 36.8 Å². The van der Waals surface area contributed by atoms with Gasteiger partial charge >= 0.3 is 0 Å². The smallest absolute Gasteiger partial charge is 0.292 e. The molecule has 0 aromatic heterocycles. The Kier molecular flexibility index (Phi) is 4.79. The van der Waals surface area contributed by atoms with Gasteiger partial charge in [-0.1, -0.05) is 19.1 Å². The van der Waals surface area contributed by atoms with Crippen LogP contribution in [0.4, 0.5) is 11.4 Å². The molecule has 1 heterocycles. The van der Waals surface area contributed by atoms with Gasteiger partial charge in [-0.15, -0.1) is 0 Å². The monoisotopic (exact) mass is 313 g/mol. The van der Waals surface area contributed by atoms with Crippen molar-refractivity contribution in [2.24, 2.45) is 0 Å². The van der Waals surface area contributed by atoms with Crippen LogP contribution in [0.15, 0.2) is 24.3 Å². The van der Waals surface area contributed by atoms with Crippen molar-refractivity contribution in [2.45, 2.75) is 13.3 Å². The number of piperazine rings is 1. The summed E-state index contributed by atoms with van der Waals surface area (Å²) in [5.41, 5.74) is 0.609. The summed E-state index contributed by atoms with van der Waals surface area (Å²) in [5, 5.41) is 11.0. The molecule has 0 aliphatic carbocycles. The number of nitro benzene ring substituents is 1. The Morgan fingerprint density at radius 3 is 2.38 bits per heavy atom. The maximum absolute atomic E-state index is 12.0. The molecule has 116 valence electrons. The van der Waals surface area contributed by atoms with E-state index in [0.29, 0.717) is 38.3 Å². The molecule has 8 heteroatoms. The first kappa shape index (κ1) is 15.7. The zero-order chi connectivity index (χ0) is 15.5. The number of anilines is 1. The van der Waals surface area contributed by atoms with E-state index in [0.717, 1.165) is 0 Å². The summed E-state index contributed by atoms with van der Waals surface area (Å²) in [6, 6.07) is 6.55. The topological polar surface area (TPSA) is 83.8 Å². The second-order valence-electron chi connectivity index (χ2n) is 4.95. The van der Waals surface area contributed by atoms with Gasteiger partial charge in [-0.05, 0) is 12.5 Å². The molecule has 0 N–H and O–H groups in total. The van der Waals surface area contributed by atoms with Crippen molar-refractivity contribution in [3.05, 3.63) is 34.4 Å². The van der Waals surface area contributed by atoms with Crippen LogP contribution in [0.1, 0.15) is 13.3 Å². The molecule has 0 saturated carbocycles. The molecule has 0 radical (unpaired) electrons. The van der Waals surface area contributed by atoms with Gasteiger partial charge < -0.3 is 4.90 Å². The molecule has 21 heavy (non-hydrogen) atoms. The molecular formula is C13H19N3O4S. The van der Waals surface area contributed by atoms with Crippen molar-refractivity contribution in [3.63, 3.8) is 0 Å². The maximum atomic E-state index is 12.0. The van der Waals surface area contributed by atoms with E-state index >= 15 is 0 Å². The van der Waals surface area contributed by atoms with Gasteiger partial charge in [0.25, 0.3) is 5.69 Å². The van der Waals surface area contributed by atoms with E-state index in [9.17, 15) is 18.5 Å². The summed E-state index contributed by atoms with van der Waals surface area (Å²) < 4.78 is 25.5. The number of rotatable bonds is 5. The molecule has 2 rings (SSSR count). The van der Waals surface area contributed by atoms with Crippen molar-refractivity contribution < 1.29 is 13.3 Å². The Morgan fingerprint density at radius 1 is 1.19 bits per heavy atom. The number of sulfonamides is 1. The standard InChI is InChI=1S/C13H19N3O4S/c1-2-11-21(19,20)15-9-7-14(8-10-15)12-5-3-4-6-13(12)16(17)18/h3-6H,2,7-11H2,1H3. The minimum absolute atomic E-state index is 0.0577. The Labute approximate surface area is 124 Å². The fourth-order valence-electron chi connectivity index (χ4n) is 2.48. The highest BCUT2D eigenvalue weighted by molar-refractivity contribution is 7.89. The predicted octanol–water partition coefficient (Wildman–Crippen LogP) is 1.46. The van der Waals surface area contributed by atoms with E-state index in [1.165, 1.54) is 10.4 Å². The Morgan fingerprint density at radius 2 is 1.81 bits per heavy atom. The average Bonchev–Trinajstić information content (AvgIpc) is 2.47. The third kappa shape index (κ3) is 3.51. The lowest BCUT2D eigenvalue weighted by molar-refractivity contribution is -0.384. The Hall–Kier alpha value is -1.67. The second kappa shape index (κ2) is 6.40. The van der Waals surface area contributed by atoms with Gasteiger partial charge in [0.1, 0.15) is 5.69 Å². The largest absolute Gasteiger partial charge is 0.363 e. The molecule has 1 aliphatic heterocycles. The van der Waals surface area contributed by atoms with Crippen LogP contribution < -0.4 is 4.90 Å². The zero-order valence-corrected chi connectivity index (χ0v) is 12.8. The van der Waals surface area contributed by atoms with E-state index in [-0.39, 0.29) is 11.4 Å². The lowest BCUT2D eigenvalue weighted by Crippen LogP contribution is -2.49. The van der Waals surface area contributed by atoms with Gasteiger partial charge in [0.15, 0.2) is 0 Å². The molecule has 1 aromatic rings. The first-order valence-electron chi connectivity index (χ1n) is 6.92. The Balaban J connectivity index is 2.10. The van der Waals surface area contributed by atoms with Gasteiger partial charge in [0.05, 0.1) is 10.7 Å². The summed E-state index contributed by atoms with van der Waals surface area (Å²) in [5.74, 6) is 0.151. The van der Waals surface area contributed by atoms with Crippen LogP contribution in [-0.2, 0) is 10.0 Å². The SMILES string of the molecule is CCCS(=O)(=O)N1CCN(c2ccccc2[N+](=O)[O-])CC1. The van der Waals surface area contributed by atoms with Crippen LogP contribution in [0.5, 0.6) is 0 Å².